The Morgan fingerprint density at radius 2 is 2.06 bits per heavy atom. The molecular formula is C24H25FN4O2. The van der Waals surface area contributed by atoms with Crippen molar-refractivity contribution in [3.05, 3.63) is 71.9 Å². The number of benzene rings is 1. The van der Waals surface area contributed by atoms with E-state index in [2.05, 4.69) is 15.0 Å². The number of nitrogens with zero attached hydrogens (tertiary/aromatic N) is 4. The van der Waals surface area contributed by atoms with E-state index in [1.807, 2.05) is 37.4 Å². The zero-order valence-corrected chi connectivity index (χ0v) is 17.4. The summed E-state index contributed by atoms with van der Waals surface area (Å²) in [6.45, 7) is 2.47. The lowest BCUT2D eigenvalue weighted by Gasteiger charge is -2.40. The van der Waals surface area contributed by atoms with Gasteiger partial charge in [-0.15, -0.1) is 0 Å². The molecule has 0 radical (unpaired) electrons. The van der Waals surface area contributed by atoms with Crippen LogP contribution in [0.2, 0.25) is 0 Å². The van der Waals surface area contributed by atoms with Crippen LogP contribution in [0, 0.1) is 18.7 Å². The molecule has 2 aliphatic heterocycles. The number of halogens is 1. The van der Waals surface area contributed by atoms with Crippen molar-refractivity contribution in [2.45, 2.75) is 44.7 Å². The first-order valence-electron chi connectivity index (χ1n) is 10.8. The number of piperidine rings is 1. The van der Waals surface area contributed by atoms with E-state index in [1.165, 1.54) is 6.07 Å². The molecule has 2 bridgehead atoms. The van der Waals surface area contributed by atoms with Crippen molar-refractivity contribution in [3.8, 4) is 11.6 Å². The third-order valence-corrected chi connectivity index (χ3v) is 6.47. The Bertz CT molecular complexity index is 1070. The third-order valence-electron chi connectivity index (χ3n) is 6.47. The molecule has 2 saturated heterocycles. The van der Waals surface area contributed by atoms with Crippen molar-refractivity contribution in [3.63, 3.8) is 0 Å². The predicted octanol–water partition coefficient (Wildman–Crippen LogP) is 4.18. The van der Waals surface area contributed by atoms with Crippen LogP contribution in [0.3, 0.4) is 0 Å². The minimum atomic E-state index is -0.383. The van der Waals surface area contributed by atoms with Crippen LogP contribution in [0.15, 0.2) is 55.0 Å². The highest BCUT2D eigenvalue weighted by molar-refractivity contribution is 5.98. The van der Waals surface area contributed by atoms with Gasteiger partial charge in [-0.3, -0.25) is 4.79 Å². The van der Waals surface area contributed by atoms with E-state index >= 15 is 0 Å². The van der Waals surface area contributed by atoms with Crippen LogP contribution >= 0.6 is 0 Å². The fraction of sp³-hybridized carbons (Fsp3) is 0.375. The molecule has 7 heteroatoms. The lowest BCUT2D eigenvalue weighted by atomic mass is 9.90. The largest absolute Gasteiger partial charge is 0.477 e. The van der Waals surface area contributed by atoms with Crippen molar-refractivity contribution in [2.75, 3.05) is 6.61 Å². The number of ether oxygens (including phenoxy) is 1. The molecule has 0 saturated carbocycles. The molecule has 4 heterocycles. The highest BCUT2D eigenvalue weighted by Crippen LogP contribution is 2.40. The molecule has 1 amide bonds. The van der Waals surface area contributed by atoms with E-state index in [-0.39, 0.29) is 29.7 Å². The topological polar surface area (TPSA) is 60.2 Å². The first kappa shape index (κ1) is 19.7. The van der Waals surface area contributed by atoms with Crippen LogP contribution in [0.4, 0.5) is 4.39 Å². The number of fused-ring (bicyclic) bond motifs is 2. The zero-order valence-electron chi connectivity index (χ0n) is 17.4. The van der Waals surface area contributed by atoms with Crippen molar-refractivity contribution >= 4 is 5.91 Å². The molecule has 0 spiro atoms. The van der Waals surface area contributed by atoms with Gasteiger partial charge < -0.3 is 9.64 Å². The average molecular weight is 420 g/mol. The lowest BCUT2D eigenvalue weighted by molar-refractivity contribution is 0.0403. The maximum absolute atomic E-state index is 13.8. The molecule has 160 valence electrons. The molecule has 1 aromatic carbocycles. The summed E-state index contributed by atoms with van der Waals surface area (Å²) in [5, 5.41) is 4.33. The van der Waals surface area contributed by atoms with Crippen LogP contribution in [0.25, 0.3) is 5.69 Å². The first-order chi connectivity index (χ1) is 15.1. The summed E-state index contributed by atoms with van der Waals surface area (Å²) >= 11 is 0. The summed E-state index contributed by atoms with van der Waals surface area (Å²) in [6, 6.07) is 11.1. The number of rotatable bonds is 5. The van der Waals surface area contributed by atoms with Crippen LogP contribution in [-0.2, 0) is 0 Å². The standard InChI is InChI=1S/C24H25FN4O2/c1-16-3-8-22(28-12-2-11-27-28)20(13-16)24(30)29-19-6-4-17(21(29)9-7-19)15-31-23-10-5-18(25)14-26-23/h2-3,5,8,10-14,17,19,21H,4,6-7,9,15H2,1H3/t17-,19-,21?/m1/s1. The van der Waals surface area contributed by atoms with Crippen molar-refractivity contribution in [1.29, 1.82) is 0 Å². The third kappa shape index (κ3) is 3.80. The van der Waals surface area contributed by atoms with Gasteiger partial charge in [-0.05, 0) is 56.9 Å². The van der Waals surface area contributed by atoms with Crippen LogP contribution in [0.1, 0.15) is 41.6 Å². The molecule has 2 aliphatic rings. The van der Waals surface area contributed by atoms with Gasteiger partial charge in [0.15, 0.2) is 0 Å². The van der Waals surface area contributed by atoms with Gasteiger partial charge in [0, 0.05) is 36.5 Å². The van der Waals surface area contributed by atoms with Crippen molar-refractivity contribution in [1.82, 2.24) is 19.7 Å². The van der Waals surface area contributed by atoms with E-state index in [9.17, 15) is 9.18 Å². The number of hydrogen-bond donors (Lipinski definition) is 0. The van der Waals surface area contributed by atoms with Gasteiger partial charge in [-0.25, -0.2) is 14.1 Å². The number of pyridine rings is 1. The van der Waals surface area contributed by atoms with Crippen LogP contribution in [0.5, 0.6) is 5.88 Å². The smallest absolute Gasteiger partial charge is 0.256 e. The molecule has 3 atom stereocenters. The van der Waals surface area contributed by atoms with E-state index in [4.69, 9.17) is 4.74 Å². The monoisotopic (exact) mass is 420 g/mol. The zero-order chi connectivity index (χ0) is 21.4. The normalized spacial score (nSPS) is 22.5. The summed E-state index contributed by atoms with van der Waals surface area (Å²) in [5.41, 5.74) is 2.53. The summed E-state index contributed by atoms with van der Waals surface area (Å²) in [7, 11) is 0. The second kappa shape index (κ2) is 8.13. The fourth-order valence-electron chi connectivity index (χ4n) is 4.98. The summed E-state index contributed by atoms with van der Waals surface area (Å²) in [4.78, 5) is 19.8. The van der Waals surface area contributed by atoms with E-state index < -0.39 is 0 Å². The number of aryl methyl sites for hydroxylation is 1. The van der Waals surface area contributed by atoms with Gasteiger partial charge in [0.05, 0.1) is 24.1 Å². The molecule has 2 aromatic heterocycles. The molecule has 0 aliphatic carbocycles. The van der Waals surface area contributed by atoms with Crippen LogP contribution < -0.4 is 4.74 Å². The van der Waals surface area contributed by atoms with E-state index in [0.717, 1.165) is 43.1 Å². The Morgan fingerprint density at radius 3 is 2.84 bits per heavy atom. The highest BCUT2D eigenvalue weighted by atomic mass is 19.1. The number of carbonyl (C=O) groups excluding carboxylic acids is 1. The predicted molar refractivity (Wildman–Crippen MR) is 114 cm³/mol. The minimum Gasteiger partial charge on any atom is -0.477 e. The molecule has 31 heavy (non-hydrogen) atoms. The second-order valence-corrected chi connectivity index (χ2v) is 8.45. The molecule has 6 nitrogen and oxygen atoms in total. The van der Waals surface area contributed by atoms with Crippen molar-refractivity contribution in [2.24, 2.45) is 5.92 Å². The summed E-state index contributed by atoms with van der Waals surface area (Å²) < 4.78 is 20.7. The Balaban J connectivity index is 1.38. The van der Waals surface area contributed by atoms with Gasteiger partial charge in [0.2, 0.25) is 5.88 Å². The maximum atomic E-state index is 13.8. The second-order valence-electron chi connectivity index (χ2n) is 8.45. The maximum Gasteiger partial charge on any atom is 0.256 e. The van der Waals surface area contributed by atoms with Gasteiger partial charge >= 0.3 is 0 Å². The Morgan fingerprint density at radius 1 is 1.19 bits per heavy atom. The van der Waals surface area contributed by atoms with E-state index in [1.54, 1.807) is 16.9 Å². The molecule has 0 N–H and O–H groups in total. The molecule has 1 unspecified atom stereocenters. The van der Waals surface area contributed by atoms with E-state index in [0.29, 0.717) is 18.1 Å². The Kier molecular flexibility index (Phi) is 5.18. The molecular weight excluding hydrogens is 395 g/mol. The quantitative estimate of drug-likeness (QED) is 0.621. The number of carbonyl (C=O) groups is 1. The van der Waals surface area contributed by atoms with Gasteiger partial charge in [-0.1, -0.05) is 11.6 Å². The Labute approximate surface area is 180 Å². The van der Waals surface area contributed by atoms with Crippen molar-refractivity contribution < 1.29 is 13.9 Å². The van der Waals surface area contributed by atoms with Gasteiger partial charge in [-0.2, -0.15) is 5.10 Å². The number of amides is 1. The number of hydrogen-bond acceptors (Lipinski definition) is 4. The summed E-state index contributed by atoms with van der Waals surface area (Å²) in [6.07, 6.45) is 8.71. The molecule has 3 aromatic rings. The average Bonchev–Trinajstić information content (AvgIpc) is 3.41. The number of aromatic nitrogens is 3. The Hall–Kier alpha value is -3.22. The first-order valence-corrected chi connectivity index (χ1v) is 10.8. The summed E-state index contributed by atoms with van der Waals surface area (Å²) in [5.74, 6) is 0.324. The van der Waals surface area contributed by atoms with Crippen LogP contribution in [-0.4, -0.2) is 44.3 Å². The van der Waals surface area contributed by atoms with Gasteiger partial charge in [0.25, 0.3) is 5.91 Å². The van der Waals surface area contributed by atoms with Gasteiger partial charge in [0.1, 0.15) is 5.82 Å². The molecule has 2 fully saturated rings. The lowest BCUT2D eigenvalue weighted by Crippen LogP contribution is -2.49. The SMILES string of the molecule is Cc1ccc(-n2cccn2)c(C(=O)N2C3CC[C@H]2CC[C@@H]3COc2ccc(F)cn2)c1. The fourth-order valence-corrected chi connectivity index (χ4v) is 4.98. The minimum absolute atomic E-state index is 0.0614. The highest BCUT2D eigenvalue weighted by Gasteiger charge is 2.45. The molecule has 5 rings (SSSR count).